The lowest BCUT2D eigenvalue weighted by Crippen LogP contribution is -2.53. The molecular weight excluding hydrogens is 298 g/mol. The molecule has 5 nitrogen and oxygen atoms in total. The predicted octanol–water partition coefficient (Wildman–Crippen LogP) is 2.24. The molecule has 1 aliphatic rings. The molecule has 0 aliphatic carbocycles. The quantitative estimate of drug-likeness (QED) is 0.818. The first-order valence-corrected chi connectivity index (χ1v) is 8.15. The van der Waals surface area contributed by atoms with Gasteiger partial charge in [0.05, 0.1) is 6.42 Å². The molecule has 0 saturated carbocycles. The fraction of sp³-hybridized carbons (Fsp3) is 0.438. The van der Waals surface area contributed by atoms with Gasteiger partial charge in [-0.15, -0.1) is 11.3 Å². The van der Waals surface area contributed by atoms with Crippen LogP contribution < -0.4 is 4.74 Å². The van der Waals surface area contributed by atoms with Gasteiger partial charge < -0.3 is 4.74 Å². The molecular formula is C16H19N3O2S. The standard InChI is InChI=1S/C16H19N3O2S/c1-11-4-3-5-17-16(11)21-13-8-19(9-13)10-14-7-18-15(22-14)6-12(2)20/h3-5,7,13H,6,8-10H2,1-2H3. The Labute approximate surface area is 134 Å². The van der Waals surface area contributed by atoms with Crippen molar-refractivity contribution in [2.75, 3.05) is 13.1 Å². The highest BCUT2D eigenvalue weighted by molar-refractivity contribution is 7.11. The Morgan fingerprint density at radius 2 is 2.27 bits per heavy atom. The van der Waals surface area contributed by atoms with Crippen LogP contribution in [-0.4, -0.2) is 39.8 Å². The number of likely N-dealkylation sites (tertiary alicyclic amines) is 1. The third-order valence-corrected chi connectivity index (χ3v) is 4.53. The van der Waals surface area contributed by atoms with Crippen molar-refractivity contribution in [1.29, 1.82) is 0 Å². The Kier molecular flexibility index (Phi) is 4.49. The van der Waals surface area contributed by atoms with Gasteiger partial charge >= 0.3 is 0 Å². The first-order chi connectivity index (χ1) is 10.6. The van der Waals surface area contributed by atoms with E-state index in [9.17, 15) is 4.79 Å². The average molecular weight is 317 g/mol. The zero-order valence-corrected chi connectivity index (χ0v) is 13.6. The van der Waals surface area contributed by atoms with E-state index >= 15 is 0 Å². The van der Waals surface area contributed by atoms with Crippen molar-refractivity contribution >= 4 is 17.1 Å². The molecule has 116 valence electrons. The molecule has 6 heteroatoms. The Morgan fingerprint density at radius 1 is 1.45 bits per heavy atom. The van der Waals surface area contributed by atoms with Crippen LogP contribution in [0.1, 0.15) is 22.4 Å². The summed E-state index contributed by atoms with van der Waals surface area (Å²) in [4.78, 5) is 23.2. The van der Waals surface area contributed by atoms with E-state index in [1.54, 1.807) is 24.5 Å². The summed E-state index contributed by atoms with van der Waals surface area (Å²) in [5.74, 6) is 0.887. The monoisotopic (exact) mass is 317 g/mol. The Morgan fingerprint density at radius 3 is 3.00 bits per heavy atom. The molecule has 22 heavy (non-hydrogen) atoms. The highest BCUT2D eigenvalue weighted by atomic mass is 32.1. The van der Waals surface area contributed by atoms with Crippen molar-refractivity contribution in [2.45, 2.75) is 32.9 Å². The van der Waals surface area contributed by atoms with Crippen LogP contribution >= 0.6 is 11.3 Å². The zero-order chi connectivity index (χ0) is 15.5. The van der Waals surface area contributed by atoms with Gasteiger partial charge in [0, 0.05) is 42.5 Å². The molecule has 1 aliphatic heterocycles. The predicted molar refractivity (Wildman–Crippen MR) is 85.2 cm³/mol. The fourth-order valence-corrected chi connectivity index (χ4v) is 3.45. The maximum atomic E-state index is 11.1. The third-order valence-electron chi connectivity index (χ3n) is 3.54. The number of ketones is 1. The lowest BCUT2D eigenvalue weighted by molar-refractivity contribution is -0.116. The van der Waals surface area contributed by atoms with E-state index in [0.29, 0.717) is 6.42 Å². The maximum Gasteiger partial charge on any atom is 0.216 e. The number of aryl methyl sites for hydroxylation is 1. The molecule has 0 bridgehead atoms. The Bertz CT molecular complexity index is 665. The molecule has 3 rings (SSSR count). The number of rotatable bonds is 6. The largest absolute Gasteiger partial charge is 0.471 e. The molecule has 1 saturated heterocycles. The van der Waals surface area contributed by atoms with Crippen LogP contribution in [0.3, 0.4) is 0 Å². The second-order valence-corrected chi connectivity index (χ2v) is 6.86. The summed E-state index contributed by atoms with van der Waals surface area (Å²) >= 11 is 1.62. The van der Waals surface area contributed by atoms with Crippen molar-refractivity contribution in [1.82, 2.24) is 14.9 Å². The second kappa shape index (κ2) is 6.54. The summed E-state index contributed by atoms with van der Waals surface area (Å²) < 4.78 is 5.90. The topological polar surface area (TPSA) is 55.3 Å². The smallest absolute Gasteiger partial charge is 0.216 e. The number of Topliss-reactive ketones (excluding diaryl/α,β-unsaturated/α-hetero) is 1. The molecule has 0 atom stereocenters. The van der Waals surface area contributed by atoms with Gasteiger partial charge in [0.25, 0.3) is 0 Å². The molecule has 0 unspecified atom stereocenters. The van der Waals surface area contributed by atoms with Gasteiger partial charge in [-0.2, -0.15) is 0 Å². The fourth-order valence-electron chi connectivity index (χ4n) is 2.41. The Hall–Kier alpha value is -1.79. The molecule has 0 amide bonds. The molecule has 0 spiro atoms. The molecule has 0 radical (unpaired) electrons. The maximum absolute atomic E-state index is 11.1. The van der Waals surface area contributed by atoms with Gasteiger partial charge in [-0.1, -0.05) is 6.07 Å². The van der Waals surface area contributed by atoms with E-state index in [1.807, 2.05) is 25.3 Å². The van der Waals surface area contributed by atoms with Crippen molar-refractivity contribution < 1.29 is 9.53 Å². The van der Waals surface area contributed by atoms with E-state index in [2.05, 4.69) is 14.9 Å². The van der Waals surface area contributed by atoms with Crippen LogP contribution in [0.2, 0.25) is 0 Å². The SMILES string of the molecule is CC(=O)Cc1ncc(CN2CC(Oc3ncccc3C)C2)s1. The summed E-state index contributed by atoms with van der Waals surface area (Å²) in [5, 5.41) is 0.903. The summed E-state index contributed by atoms with van der Waals surface area (Å²) in [6.45, 7) is 6.27. The van der Waals surface area contributed by atoms with Crippen LogP contribution in [0.4, 0.5) is 0 Å². The minimum absolute atomic E-state index is 0.157. The highest BCUT2D eigenvalue weighted by Crippen LogP contribution is 2.22. The number of hydrogen-bond donors (Lipinski definition) is 0. The minimum Gasteiger partial charge on any atom is -0.471 e. The number of pyridine rings is 1. The average Bonchev–Trinajstić information content (AvgIpc) is 2.85. The van der Waals surface area contributed by atoms with Crippen LogP contribution in [0, 0.1) is 6.92 Å². The van der Waals surface area contributed by atoms with E-state index in [-0.39, 0.29) is 11.9 Å². The first-order valence-electron chi connectivity index (χ1n) is 7.34. The van der Waals surface area contributed by atoms with Crippen molar-refractivity contribution in [3.63, 3.8) is 0 Å². The number of ether oxygens (including phenoxy) is 1. The van der Waals surface area contributed by atoms with Crippen molar-refractivity contribution in [3.8, 4) is 5.88 Å². The van der Waals surface area contributed by atoms with Gasteiger partial charge in [-0.25, -0.2) is 9.97 Å². The van der Waals surface area contributed by atoms with Gasteiger partial charge in [0.15, 0.2) is 0 Å². The normalized spacial score (nSPS) is 15.5. The van der Waals surface area contributed by atoms with Crippen molar-refractivity contribution in [3.05, 3.63) is 40.0 Å². The summed E-state index contributed by atoms with van der Waals surface area (Å²) in [5.41, 5.74) is 1.07. The lowest BCUT2D eigenvalue weighted by Gasteiger charge is -2.38. The molecule has 1 fully saturated rings. The summed E-state index contributed by atoms with van der Waals surface area (Å²) in [6.07, 6.45) is 4.28. The van der Waals surface area contributed by atoms with E-state index in [0.717, 1.165) is 36.1 Å². The van der Waals surface area contributed by atoms with Crippen LogP contribution in [0.25, 0.3) is 0 Å². The summed E-state index contributed by atoms with van der Waals surface area (Å²) in [7, 11) is 0. The number of thiazole rings is 1. The molecule has 3 heterocycles. The van der Waals surface area contributed by atoms with E-state index < -0.39 is 0 Å². The molecule has 2 aromatic heterocycles. The van der Waals surface area contributed by atoms with Crippen LogP contribution in [0.5, 0.6) is 5.88 Å². The van der Waals surface area contributed by atoms with E-state index in [4.69, 9.17) is 4.74 Å². The van der Waals surface area contributed by atoms with Gasteiger partial charge in [0.1, 0.15) is 16.9 Å². The third kappa shape index (κ3) is 3.69. The minimum atomic E-state index is 0.157. The highest BCUT2D eigenvalue weighted by Gasteiger charge is 2.29. The van der Waals surface area contributed by atoms with Crippen molar-refractivity contribution in [2.24, 2.45) is 0 Å². The Balaban J connectivity index is 1.46. The molecule has 0 N–H and O–H groups in total. The number of hydrogen-bond acceptors (Lipinski definition) is 6. The number of carbonyl (C=O) groups is 1. The zero-order valence-electron chi connectivity index (χ0n) is 12.8. The number of carbonyl (C=O) groups excluding carboxylic acids is 1. The van der Waals surface area contributed by atoms with Gasteiger partial charge in [-0.05, 0) is 19.9 Å². The molecule has 0 aromatic carbocycles. The number of nitrogens with zero attached hydrogens (tertiary/aromatic N) is 3. The first kappa shape index (κ1) is 15.1. The van der Waals surface area contributed by atoms with Gasteiger partial charge in [-0.3, -0.25) is 9.69 Å². The van der Waals surface area contributed by atoms with E-state index in [1.165, 1.54) is 4.88 Å². The van der Waals surface area contributed by atoms with Crippen LogP contribution in [-0.2, 0) is 17.8 Å². The molecule has 2 aromatic rings. The van der Waals surface area contributed by atoms with Crippen LogP contribution in [0.15, 0.2) is 24.5 Å². The number of aromatic nitrogens is 2. The summed E-state index contributed by atoms with van der Waals surface area (Å²) in [6, 6.07) is 3.92. The lowest BCUT2D eigenvalue weighted by atomic mass is 10.1. The second-order valence-electron chi connectivity index (χ2n) is 5.66. The van der Waals surface area contributed by atoms with Gasteiger partial charge in [0.2, 0.25) is 5.88 Å².